The van der Waals surface area contributed by atoms with Gasteiger partial charge >= 0.3 is 0 Å². The van der Waals surface area contributed by atoms with E-state index in [1.807, 2.05) is 17.1 Å². The van der Waals surface area contributed by atoms with Gasteiger partial charge in [-0.15, -0.1) is 0 Å². The minimum atomic E-state index is -0.679. The zero-order chi connectivity index (χ0) is 22.3. The first-order chi connectivity index (χ1) is 15.7. The van der Waals surface area contributed by atoms with Crippen LogP contribution in [0.3, 0.4) is 0 Å². The number of carbonyl (C=O) groups excluding carboxylic acids is 2. The Morgan fingerprint density at radius 1 is 0.812 bits per heavy atom. The van der Waals surface area contributed by atoms with Crippen molar-refractivity contribution in [3.8, 4) is 5.75 Å². The smallest absolute Gasteiger partial charge is 0.177 e. The van der Waals surface area contributed by atoms with Gasteiger partial charge in [0.25, 0.3) is 0 Å². The van der Waals surface area contributed by atoms with Gasteiger partial charge in [0.15, 0.2) is 11.6 Å². The molecule has 1 aromatic carbocycles. The Bertz CT molecular complexity index is 878. The van der Waals surface area contributed by atoms with Crippen LogP contribution in [0.15, 0.2) is 42.1 Å². The third kappa shape index (κ3) is 4.94. The number of nitrogens with zero attached hydrogens (tertiary/aromatic N) is 1. The Hall–Kier alpha value is -2.52. The van der Waals surface area contributed by atoms with Gasteiger partial charge in [0.1, 0.15) is 5.75 Å². The molecule has 0 spiro atoms. The normalized spacial score (nSPS) is 25.9. The lowest BCUT2D eigenvalue weighted by molar-refractivity contribution is 0.00206. The maximum Gasteiger partial charge on any atom is 0.177 e. The van der Waals surface area contributed by atoms with Gasteiger partial charge in [0.2, 0.25) is 0 Å². The Kier molecular flexibility index (Phi) is 7.70. The number of phenolic OH excluding ortho intramolecular Hbond substituents is 1. The van der Waals surface area contributed by atoms with Crippen LogP contribution in [0.25, 0.3) is 0 Å². The second-order valence-electron chi connectivity index (χ2n) is 7.84. The molecule has 8 nitrogen and oxygen atoms in total. The molecule has 1 saturated heterocycles. The average molecular weight is 443 g/mol. The lowest BCUT2D eigenvalue weighted by atomic mass is 9.70. The fourth-order valence-electron chi connectivity index (χ4n) is 4.33. The number of fused-ring (bicyclic) bond motifs is 2. The molecule has 2 unspecified atom stereocenters. The van der Waals surface area contributed by atoms with Crippen LogP contribution in [-0.4, -0.2) is 87.5 Å². The summed E-state index contributed by atoms with van der Waals surface area (Å²) in [6.07, 6.45) is 5.48. The molecule has 0 amide bonds. The van der Waals surface area contributed by atoms with Gasteiger partial charge in [-0.2, -0.15) is 0 Å². The minimum Gasteiger partial charge on any atom is -0.507 e. The highest BCUT2D eigenvalue weighted by Gasteiger charge is 2.45. The third-order valence-corrected chi connectivity index (χ3v) is 5.89. The van der Waals surface area contributed by atoms with Crippen molar-refractivity contribution in [2.45, 2.75) is 0 Å². The van der Waals surface area contributed by atoms with Crippen molar-refractivity contribution in [3.63, 3.8) is 0 Å². The summed E-state index contributed by atoms with van der Waals surface area (Å²) in [4.78, 5) is 28.7. The Morgan fingerprint density at radius 2 is 1.41 bits per heavy atom. The molecular formula is C24H29NO7. The third-order valence-electron chi connectivity index (χ3n) is 5.89. The SMILES string of the molecule is O=C1c2cccc(O)c2C(=O)C2C(N3CCOCCOCCOCCOCC3)=CC=CC12. The molecule has 1 fully saturated rings. The van der Waals surface area contributed by atoms with E-state index in [4.69, 9.17) is 18.9 Å². The summed E-state index contributed by atoms with van der Waals surface area (Å²) in [5.41, 5.74) is 1.14. The second-order valence-corrected chi connectivity index (χ2v) is 7.84. The lowest BCUT2D eigenvalue weighted by Crippen LogP contribution is -2.44. The summed E-state index contributed by atoms with van der Waals surface area (Å²) in [6.45, 7) is 4.91. The van der Waals surface area contributed by atoms with Crippen LogP contribution < -0.4 is 0 Å². The highest BCUT2D eigenvalue weighted by atomic mass is 16.6. The van der Waals surface area contributed by atoms with E-state index in [-0.39, 0.29) is 28.4 Å². The molecule has 1 aromatic rings. The van der Waals surface area contributed by atoms with Gasteiger partial charge in [-0.3, -0.25) is 9.59 Å². The van der Waals surface area contributed by atoms with E-state index >= 15 is 0 Å². The van der Waals surface area contributed by atoms with Gasteiger partial charge < -0.3 is 29.0 Å². The van der Waals surface area contributed by atoms with Crippen LogP contribution >= 0.6 is 0 Å². The topological polar surface area (TPSA) is 94.5 Å². The van der Waals surface area contributed by atoms with Crippen molar-refractivity contribution in [1.29, 1.82) is 0 Å². The van der Waals surface area contributed by atoms with Crippen LogP contribution in [0.2, 0.25) is 0 Å². The minimum absolute atomic E-state index is 0.111. The number of allylic oxidation sites excluding steroid dienone is 4. The number of carbonyl (C=O) groups is 2. The maximum absolute atomic E-state index is 13.5. The summed E-state index contributed by atoms with van der Waals surface area (Å²) in [5, 5.41) is 10.3. The van der Waals surface area contributed by atoms with Gasteiger partial charge in [0, 0.05) is 24.4 Å². The monoisotopic (exact) mass is 443 g/mol. The maximum atomic E-state index is 13.5. The number of ketones is 2. The predicted molar refractivity (Wildman–Crippen MR) is 116 cm³/mol. The van der Waals surface area contributed by atoms with Gasteiger partial charge in [-0.05, 0) is 12.1 Å². The van der Waals surface area contributed by atoms with Crippen LogP contribution in [0.4, 0.5) is 0 Å². The van der Waals surface area contributed by atoms with E-state index < -0.39 is 11.8 Å². The highest BCUT2D eigenvalue weighted by Crippen LogP contribution is 2.41. The van der Waals surface area contributed by atoms with Crippen molar-refractivity contribution < 1.29 is 33.6 Å². The molecule has 172 valence electrons. The number of rotatable bonds is 1. The molecule has 4 rings (SSSR count). The van der Waals surface area contributed by atoms with Crippen molar-refractivity contribution in [1.82, 2.24) is 4.90 Å². The first kappa shape index (κ1) is 22.7. The van der Waals surface area contributed by atoms with Crippen LogP contribution in [0.1, 0.15) is 20.7 Å². The molecule has 2 aliphatic carbocycles. The van der Waals surface area contributed by atoms with E-state index in [1.54, 1.807) is 18.2 Å². The van der Waals surface area contributed by atoms with Gasteiger partial charge in [0.05, 0.1) is 70.3 Å². The first-order valence-electron chi connectivity index (χ1n) is 11.0. The fourth-order valence-corrected chi connectivity index (χ4v) is 4.33. The quantitative estimate of drug-likeness (QED) is 0.703. The summed E-state index contributed by atoms with van der Waals surface area (Å²) < 4.78 is 22.3. The zero-order valence-corrected chi connectivity index (χ0v) is 18.0. The van der Waals surface area contributed by atoms with Crippen molar-refractivity contribution in [3.05, 3.63) is 53.3 Å². The number of Topliss-reactive ketones (excluding diaryl/α,β-unsaturated/α-hetero) is 2. The molecule has 3 aliphatic rings. The highest BCUT2D eigenvalue weighted by molar-refractivity contribution is 6.19. The molecule has 0 saturated carbocycles. The molecule has 8 heteroatoms. The second kappa shape index (κ2) is 10.9. The van der Waals surface area contributed by atoms with Gasteiger partial charge in [-0.25, -0.2) is 0 Å². The van der Waals surface area contributed by atoms with E-state index in [1.165, 1.54) is 6.07 Å². The fraction of sp³-hybridized carbons (Fsp3) is 0.500. The number of aromatic hydroxyl groups is 1. The Balaban J connectivity index is 1.55. The van der Waals surface area contributed by atoms with Crippen LogP contribution in [0, 0.1) is 11.8 Å². The van der Waals surface area contributed by atoms with E-state index in [2.05, 4.69) is 0 Å². The number of hydrogen-bond acceptors (Lipinski definition) is 8. The molecular weight excluding hydrogens is 414 g/mol. The number of hydrogen-bond donors (Lipinski definition) is 1. The summed E-state index contributed by atoms with van der Waals surface area (Å²) >= 11 is 0. The number of benzene rings is 1. The molecule has 2 atom stereocenters. The Morgan fingerprint density at radius 3 is 2.03 bits per heavy atom. The van der Waals surface area contributed by atoms with Crippen LogP contribution in [0.5, 0.6) is 5.75 Å². The number of phenols is 1. The van der Waals surface area contributed by atoms with Crippen LogP contribution in [-0.2, 0) is 18.9 Å². The summed E-state index contributed by atoms with van der Waals surface area (Å²) in [7, 11) is 0. The standard InChI is InChI=1S/C24H29NO7/c26-20-6-2-4-18-22(20)24(28)21-17(23(18)27)3-1-5-19(21)25-7-9-29-11-13-31-15-16-32-14-12-30-10-8-25/h1-6,17,21,26H,7-16H2. The summed E-state index contributed by atoms with van der Waals surface area (Å²) in [5.74, 6) is -1.81. The molecule has 0 aromatic heterocycles. The van der Waals surface area contributed by atoms with Crippen molar-refractivity contribution >= 4 is 11.6 Å². The van der Waals surface area contributed by atoms with E-state index in [0.717, 1.165) is 5.70 Å². The lowest BCUT2D eigenvalue weighted by Gasteiger charge is -2.38. The van der Waals surface area contributed by atoms with Crippen molar-refractivity contribution in [2.75, 3.05) is 65.9 Å². The molecule has 1 N–H and O–H groups in total. The average Bonchev–Trinajstić information content (AvgIpc) is 2.81. The summed E-state index contributed by atoms with van der Waals surface area (Å²) in [6, 6.07) is 4.64. The molecule has 1 aliphatic heterocycles. The molecule has 0 radical (unpaired) electrons. The predicted octanol–water partition coefficient (Wildman–Crippen LogP) is 1.84. The largest absolute Gasteiger partial charge is 0.507 e. The Labute approximate surface area is 187 Å². The van der Waals surface area contributed by atoms with E-state index in [9.17, 15) is 14.7 Å². The zero-order valence-electron chi connectivity index (χ0n) is 18.0. The number of ether oxygens (including phenoxy) is 4. The van der Waals surface area contributed by atoms with E-state index in [0.29, 0.717) is 65.9 Å². The van der Waals surface area contributed by atoms with Gasteiger partial charge in [-0.1, -0.05) is 24.3 Å². The van der Waals surface area contributed by atoms with Crippen molar-refractivity contribution in [2.24, 2.45) is 11.8 Å². The first-order valence-corrected chi connectivity index (χ1v) is 11.0. The molecule has 32 heavy (non-hydrogen) atoms. The molecule has 1 heterocycles. The molecule has 0 bridgehead atoms.